The summed E-state index contributed by atoms with van der Waals surface area (Å²) in [7, 11) is 1.66. The van der Waals surface area contributed by atoms with Crippen LogP contribution in [0.5, 0.6) is 11.5 Å². The lowest BCUT2D eigenvalue weighted by Gasteiger charge is -2.35. The lowest BCUT2D eigenvalue weighted by Crippen LogP contribution is -2.50. The van der Waals surface area contributed by atoms with Crippen molar-refractivity contribution in [2.24, 2.45) is 0 Å². The standard InChI is InChI=1S/C32H31N5O3/c1-23-8-6-7-11-28(23)40-21-29(38)35-16-18-36(19-17-35)31-30-27(24-9-4-3-5-10-24)20-37(32(30)34-22-33-31)25-12-14-26(39-2)15-13-25/h3-15,20,22H,16-19,21H2,1-2H3. The molecule has 0 saturated carbocycles. The molecule has 1 aliphatic rings. The molecule has 1 aliphatic heterocycles. The Hall–Kier alpha value is -4.85. The Labute approximate surface area is 233 Å². The first-order chi connectivity index (χ1) is 19.6. The zero-order chi connectivity index (χ0) is 27.5. The average Bonchev–Trinajstić information content (AvgIpc) is 3.41. The molecule has 2 aromatic heterocycles. The number of hydrogen-bond acceptors (Lipinski definition) is 6. The zero-order valence-electron chi connectivity index (χ0n) is 22.7. The molecule has 0 atom stereocenters. The predicted molar refractivity (Wildman–Crippen MR) is 156 cm³/mol. The van der Waals surface area contributed by atoms with Crippen molar-refractivity contribution in [2.75, 3.05) is 44.8 Å². The third-order valence-electron chi connectivity index (χ3n) is 7.38. The van der Waals surface area contributed by atoms with Crippen molar-refractivity contribution < 1.29 is 14.3 Å². The molecule has 0 aliphatic carbocycles. The van der Waals surface area contributed by atoms with Crippen LogP contribution in [0.25, 0.3) is 27.8 Å². The molecule has 0 N–H and O–H groups in total. The number of carbonyl (C=O) groups is 1. The van der Waals surface area contributed by atoms with E-state index in [-0.39, 0.29) is 12.5 Å². The second kappa shape index (κ2) is 11.1. The second-order valence-corrected chi connectivity index (χ2v) is 9.79. The van der Waals surface area contributed by atoms with E-state index >= 15 is 0 Å². The van der Waals surface area contributed by atoms with Crippen molar-refractivity contribution in [1.29, 1.82) is 0 Å². The number of carbonyl (C=O) groups excluding carboxylic acids is 1. The summed E-state index contributed by atoms with van der Waals surface area (Å²) in [5.74, 6) is 2.41. The molecule has 5 aromatic rings. The van der Waals surface area contributed by atoms with E-state index in [9.17, 15) is 4.79 Å². The lowest BCUT2D eigenvalue weighted by molar-refractivity contribution is -0.133. The fourth-order valence-electron chi connectivity index (χ4n) is 5.18. The molecule has 8 heteroatoms. The van der Waals surface area contributed by atoms with Crippen LogP contribution in [-0.4, -0.2) is 65.2 Å². The first-order valence-corrected chi connectivity index (χ1v) is 13.4. The van der Waals surface area contributed by atoms with Gasteiger partial charge in [-0.15, -0.1) is 0 Å². The molecule has 3 aromatic carbocycles. The molecule has 202 valence electrons. The highest BCUT2D eigenvalue weighted by atomic mass is 16.5. The Kier molecular flexibility index (Phi) is 7.06. The Morgan fingerprint density at radius 2 is 1.60 bits per heavy atom. The van der Waals surface area contributed by atoms with Crippen molar-refractivity contribution >= 4 is 22.8 Å². The van der Waals surface area contributed by atoms with Gasteiger partial charge in [-0.25, -0.2) is 9.97 Å². The van der Waals surface area contributed by atoms with Crippen LogP contribution in [0.1, 0.15) is 5.56 Å². The van der Waals surface area contributed by atoms with Crippen molar-refractivity contribution in [1.82, 2.24) is 19.4 Å². The summed E-state index contributed by atoms with van der Waals surface area (Å²) >= 11 is 0. The molecule has 1 fully saturated rings. The summed E-state index contributed by atoms with van der Waals surface area (Å²) in [5.41, 5.74) is 5.00. The summed E-state index contributed by atoms with van der Waals surface area (Å²) in [4.78, 5) is 26.5. The minimum absolute atomic E-state index is 0.00799. The molecule has 1 amide bonds. The smallest absolute Gasteiger partial charge is 0.260 e. The normalized spacial score (nSPS) is 13.4. The third kappa shape index (κ3) is 4.96. The number of aromatic nitrogens is 3. The number of fused-ring (bicyclic) bond motifs is 1. The van der Waals surface area contributed by atoms with Gasteiger partial charge in [0.15, 0.2) is 12.3 Å². The Morgan fingerprint density at radius 1 is 0.875 bits per heavy atom. The molecule has 40 heavy (non-hydrogen) atoms. The van der Waals surface area contributed by atoms with Gasteiger partial charge in [0.25, 0.3) is 5.91 Å². The van der Waals surface area contributed by atoms with E-state index < -0.39 is 0 Å². The molecular formula is C32H31N5O3. The summed E-state index contributed by atoms with van der Waals surface area (Å²) in [6.07, 6.45) is 3.75. The number of nitrogens with zero attached hydrogens (tertiary/aromatic N) is 5. The molecular weight excluding hydrogens is 502 g/mol. The summed E-state index contributed by atoms with van der Waals surface area (Å²) in [6.45, 7) is 4.55. The van der Waals surface area contributed by atoms with Crippen LogP contribution >= 0.6 is 0 Å². The molecule has 0 bridgehead atoms. The predicted octanol–water partition coefficient (Wildman–Crippen LogP) is 5.13. The topological polar surface area (TPSA) is 72.7 Å². The van der Waals surface area contributed by atoms with Crippen molar-refractivity contribution in [3.05, 3.63) is 97.0 Å². The highest BCUT2D eigenvalue weighted by molar-refractivity contribution is 6.02. The van der Waals surface area contributed by atoms with Gasteiger partial charge in [-0.2, -0.15) is 0 Å². The van der Waals surface area contributed by atoms with E-state index in [0.29, 0.717) is 26.2 Å². The number of ether oxygens (including phenoxy) is 2. The highest BCUT2D eigenvalue weighted by Gasteiger charge is 2.26. The van der Waals surface area contributed by atoms with Gasteiger partial charge in [0.2, 0.25) is 0 Å². The minimum atomic E-state index is -0.00799. The number of aryl methyl sites for hydroxylation is 1. The van der Waals surface area contributed by atoms with Gasteiger partial charge in [0.05, 0.1) is 12.5 Å². The Bertz CT molecular complexity index is 1620. The lowest BCUT2D eigenvalue weighted by atomic mass is 10.1. The van der Waals surface area contributed by atoms with Crippen LogP contribution < -0.4 is 14.4 Å². The van der Waals surface area contributed by atoms with Crippen LogP contribution in [0.2, 0.25) is 0 Å². The van der Waals surface area contributed by atoms with Gasteiger partial charge in [-0.05, 0) is 48.4 Å². The number of benzene rings is 3. The molecule has 0 unspecified atom stereocenters. The first-order valence-electron chi connectivity index (χ1n) is 13.4. The first kappa shape index (κ1) is 25.4. The fourth-order valence-corrected chi connectivity index (χ4v) is 5.18. The van der Waals surface area contributed by atoms with E-state index in [4.69, 9.17) is 19.4 Å². The number of methoxy groups -OCH3 is 1. The van der Waals surface area contributed by atoms with Crippen molar-refractivity contribution in [3.63, 3.8) is 0 Å². The summed E-state index contributed by atoms with van der Waals surface area (Å²) in [6, 6.07) is 26.0. The monoisotopic (exact) mass is 533 g/mol. The number of anilines is 1. The van der Waals surface area contributed by atoms with E-state index in [1.54, 1.807) is 13.4 Å². The van der Waals surface area contributed by atoms with Gasteiger partial charge in [0, 0.05) is 43.6 Å². The van der Waals surface area contributed by atoms with Gasteiger partial charge < -0.3 is 23.8 Å². The molecule has 6 rings (SSSR count). The van der Waals surface area contributed by atoms with Gasteiger partial charge >= 0.3 is 0 Å². The number of piperazine rings is 1. The van der Waals surface area contributed by atoms with Crippen LogP contribution in [0.3, 0.4) is 0 Å². The minimum Gasteiger partial charge on any atom is -0.497 e. The van der Waals surface area contributed by atoms with Crippen molar-refractivity contribution in [3.8, 4) is 28.3 Å². The highest BCUT2D eigenvalue weighted by Crippen LogP contribution is 2.37. The summed E-state index contributed by atoms with van der Waals surface area (Å²) in [5, 5.41) is 0.993. The average molecular weight is 534 g/mol. The largest absolute Gasteiger partial charge is 0.497 e. The Morgan fingerprint density at radius 3 is 2.33 bits per heavy atom. The quantitative estimate of drug-likeness (QED) is 0.289. The third-order valence-corrected chi connectivity index (χ3v) is 7.38. The maximum atomic E-state index is 12.9. The van der Waals surface area contributed by atoms with Crippen LogP contribution in [0, 0.1) is 6.92 Å². The van der Waals surface area contributed by atoms with Crippen LogP contribution in [0.4, 0.5) is 5.82 Å². The second-order valence-electron chi connectivity index (χ2n) is 9.79. The Balaban J connectivity index is 1.27. The maximum absolute atomic E-state index is 12.9. The molecule has 8 nitrogen and oxygen atoms in total. The van der Waals surface area contributed by atoms with Gasteiger partial charge in [0.1, 0.15) is 23.6 Å². The number of rotatable bonds is 7. The van der Waals surface area contributed by atoms with E-state index in [1.807, 2.05) is 78.6 Å². The van der Waals surface area contributed by atoms with Gasteiger partial charge in [-0.1, -0.05) is 48.5 Å². The van der Waals surface area contributed by atoms with E-state index in [0.717, 1.165) is 50.7 Å². The van der Waals surface area contributed by atoms with Crippen molar-refractivity contribution in [2.45, 2.75) is 6.92 Å². The fraction of sp³-hybridized carbons (Fsp3) is 0.219. The summed E-state index contributed by atoms with van der Waals surface area (Å²) < 4.78 is 13.3. The molecule has 0 spiro atoms. The van der Waals surface area contributed by atoms with Crippen LogP contribution in [-0.2, 0) is 4.79 Å². The van der Waals surface area contributed by atoms with E-state index in [1.165, 1.54) is 0 Å². The molecule has 1 saturated heterocycles. The zero-order valence-corrected chi connectivity index (χ0v) is 22.7. The van der Waals surface area contributed by atoms with Crippen LogP contribution in [0.15, 0.2) is 91.4 Å². The molecule has 0 radical (unpaired) electrons. The molecule has 3 heterocycles. The SMILES string of the molecule is COc1ccc(-n2cc(-c3ccccc3)c3c(N4CCN(C(=O)COc5ccccc5C)CC4)ncnc32)cc1. The van der Waals surface area contributed by atoms with E-state index in [2.05, 4.69) is 27.8 Å². The van der Waals surface area contributed by atoms with Gasteiger partial charge in [-0.3, -0.25) is 4.79 Å². The number of amides is 1. The number of para-hydroxylation sites is 1. The maximum Gasteiger partial charge on any atom is 0.260 e. The number of hydrogen-bond donors (Lipinski definition) is 0.